The number of aromatic carboxylic acids is 1. The van der Waals surface area contributed by atoms with Crippen LogP contribution in [0, 0.1) is 0 Å². The highest BCUT2D eigenvalue weighted by Crippen LogP contribution is 2.34. The van der Waals surface area contributed by atoms with E-state index < -0.39 is 11.4 Å². The van der Waals surface area contributed by atoms with Crippen LogP contribution >= 0.6 is 0 Å². The van der Waals surface area contributed by atoms with E-state index in [1.54, 1.807) is 29.9 Å². The fourth-order valence-corrected chi connectivity index (χ4v) is 2.37. The van der Waals surface area contributed by atoms with Crippen LogP contribution in [0.1, 0.15) is 10.4 Å². The summed E-state index contributed by atoms with van der Waals surface area (Å²) in [6.45, 7) is 0.849. The van der Waals surface area contributed by atoms with Gasteiger partial charge in [0.05, 0.1) is 19.3 Å². The molecule has 1 aromatic carbocycles. The molecule has 0 radical (unpaired) electrons. The van der Waals surface area contributed by atoms with Crippen molar-refractivity contribution in [2.45, 2.75) is 6.54 Å². The zero-order chi connectivity index (χ0) is 15.0. The molecule has 108 valence electrons. The van der Waals surface area contributed by atoms with Gasteiger partial charge in [0.2, 0.25) is 0 Å². The Balaban J connectivity index is 2.23. The van der Waals surface area contributed by atoms with Crippen molar-refractivity contribution in [2.75, 3.05) is 13.7 Å². The van der Waals surface area contributed by atoms with Crippen molar-refractivity contribution < 1.29 is 19.4 Å². The normalized spacial score (nSPS) is 12.6. The molecule has 0 aliphatic carbocycles. The van der Waals surface area contributed by atoms with Gasteiger partial charge in [-0.1, -0.05) is 0 Å². The fourth-order valence-electron chi connectivity index (χ4n) is 2.37. The Hall–Kier alpha value is -2.76. The lowest BCUT2D eigenvalue weighted by atomic mass is 10.1. The number of ether oxygens (including phenoxy) is 2. The second kappa shape index (κ2) is 4.97. The molecule has 2 heterocycles. The number of carboxylic acids is 1. The summed E-state index contributed by atoms with van der Waals surface area (Å²) in [6.07, 6.45) is 1.36. The van der Waals surface area contributed by atoms with E-state index in [0.717, 1.165) is 5.56 Å². The number of hydrogen-bond donors (Lipinski definition) is 1. The maximum absolute atomic E-state index is 11.9. The third kappa shape index (κ3) is 2.24. The zero-order valence-corrected chi connectivity index (χ0v) is 11.3. The molecule has 0 spiro atoms. The summed E-state index contributed by atoms with van der Waals surface area (Å²) in [6, 6.07) is 6.66. The minimum absolute atomic E-state index is 0.240. The molecular weight excluding hydrogens is 274 g/mol. The molecule has 0 saturated carbocycles. The number of fused-ring (bicyclic) bond motifs is 3. The molecule has 1 aliphatic rings. The first kappa shape index (κ1) is 13.2. The Morgan fingerprint density at radius 2 is 2.19 bits per heavy atom. The first-order valence-corrected chi connectivity index (χ1v) is 6.39. The van der Waals surface area contributed by atoms with Crippen LogP contribution in [0.25, 0.3) is 11.3 Å². The predicted molar refractivity (Wildman–Crippen MR) is 75.1 cm³/mol. The highest BCUT2D eigenvalue weighted by molar-refractivity contribution is 5.87. The third-order valence-electron chi connectivity index (χ3n) is 3.41. The lowest BCUT2D eigenvalue weighted by Gasteiger charge is -2.11. The maximum atomic E-state index is 11.9. The molecule has 0 bridgehead atoms. The second-order valence-corrected chi connectivity index (χ2v) is 4.65. The van der Waals surface area contributed by atoms with Crippen LogP contribution in [-0.2, 0) is 6.54 Å². The number of pyridine rings is 1. The van der Waals surface area contributed by atoms with Gasteiger partial charge in [-0.05, 0) is 12.1 Å². The lowest BCUT2D eigenvalue weighted by Crippen LogP contribution is -2.19. The smallest absolute Gasteiger partial charge is 0.341 e. The predicted octanol–water partition coefficient (Wildman–Crippen LogP) is 1.61. The number of aromatic nitrogens is 1. The van der Waals surface area contributed by atoms with Gasteiger partial charge in [0.1, 0.15) is 23.7 Å². The van der Waals surface area contributed by atoms with Crippen LogP contribution < -0.4 is 14.9 Å². The summed E-state index contributed by atoms with van der Waals surface area (Å²) in [5, 5.41) is 9.04. The Morgan fingerprint density at radius 3 is 2.90 bits per heavy atom. The molecule has 1 N–H and O–H groups in total. The number of hydrogen-bond acceptors (Lipinski definition) is 4. The average molecular weight is 287 g/mol. The molecule has 6 nitrogen and oxygen atoms in total. The SMILES string of the molecule is COc1ccc2c(c1)OCCn1cc(C(=O)O)c(=O)cc1-2. The molecule has 0 atom stereocenters. The van der Waals surface area contributed by atoms with Gasteiger partial charge in [-0.3, -0.25) is 4.79 Å². The van der Waals surface area contributed by atoms with Gasteiger partial charge in [0.15, 0.2) is 5.43 Å². The Bertz CT molecular complexity index is 778. The molecule has 0 amide bonds. The van der Waals surface area contributed by atoms with Crippen LogP contribution in [0.4, 0.5) is 0 Å². The van der Waals surface area contributed by atoms with Crippen molar-refractivity contribution in [3.05, 3.63) is 46.2 Å². The zero-order valence-electron chi connectivity index (χ0n) is 11.3. The molecule has 0 fully saturated rings. The minimum Gasteiger partial charge on any atom is -0.497 e. The number of carboxylic acid groups (broad SMARTS) is 1. The minimum atomic E-state index is -1.23. The molecule has 2 aromatic rings. The van der Waals surface area contributed by atoms with Crippen molar-refractivity contribution in [1.29, 1.82) is 0 Å². The molecular formula is C15H13NO5. The van der Waals surface area contributed by atoms with E-state index in [2.05, 4.69) is 0 Å². The van der Waals surface area contributed by atoms with Crippen LogP contribution in [0.5, 0.6) is 11.5 Å². The monoisotopic (exact) mass is 287 g/mol. The number of carbonyl (C=O) groups is 1. The Morgan fingerprint density at radius 1 is 1.38 bits per heavy atom. The van der Waals surface area contributed by atoms with E-state index in [1.807, 2.05) is 0 Å². The van der Waals surface area contributed by atoms with Gasteiger partial charge in [-0.2, -0.15) is 0 Å². The molecule has 0 unspecified atom stereocenters. The Labute approximate surface area is 120 Å². The van der Waals surface area contributed by atoms with Gasteiger partial charge in [0, 0.05) is 23.9 Å². The molecule has 21 heavy (non-hydrogen) atoms. The van der Waals surface area contributed by atoms with E-state index in [9.17, 15) is 9.59 Å². The highest BCUT2D eigenvalue weighted by atomic mass is 16.5. The van der Waals surface area contributed by atoms with Crippen LogP contribution in [0.2, 0.25) is 0 Å². The van der Waals surface area contributed by atoms with Gasteiger partial charge in [-0.15, -0.1) is 0 Å². The number of methoxy groups -OCH3 is 1. The molecule has 1 aromatic heterocycles. The van der Waals surface area contributed by atoms with Crippen molar-refractivity contribution in [3.63, 3.8) is 0 Å². The first-order valence-electron chi connectivity index (χ1n) is 6.39. The summed E-state index contributed by atoms with van der Waals surface area (Å²) in [5.74, 6) is 0.0465. The second-order valence-electron chi connectivity index (χ2n) is 4.65. The molecule has 6 heteroatoms. The molecule has 0 saturated heterocycles. The first-order chi connectivity index (χ1) is 10.1. The Kier molecular flexibility index (Phi) is 3.13. The van der Waals surface area contributed by atoms with E-state index >= 15 is 0 Å². The standard InChI is InChI=1S/C15H13NO5/c1-20-9-2-3-10-12-7-13(17)11(15(18)19)8-16(12)4-5-21-14(10)6-9/h2-3,6-8H,4-5H2,1H3,(H,18,19). The largest absolute Gasteiger partial charge is 0.497 e. The number of rotatable bonds is 2. The molecule has 3 rings (SSSR count). The summed E-state index contributed by atoms with van der Waals surface area (Å²) in [4.78, 5) is 23.0. The summed E-state index contributed by atoms with van der Waals surface area (Å²) >= 11 is 0. The lowest BCUT2D eigenvalue weighted by molar-refractivity contribution is 0.0694. The quantitative estimate of drug-likeness (QED) is 0.908. The fraction of sp³-hybridized carbons (Fsp3) is 0.200. The van der Waals surface area contributed by atoms with Crippen molar-refractivity contribution in [3.8, 4) is 22.8 Å². The summed E-state index contributed by atoms with van der Waals surface area (Å²) in [7, 11) is 1.57. The van der Waals surface area contributed by atoms with Crippen molar-refractivity contribution in [1.82, 2.24) is 4.57 Å². The molecule has 1 aliphatic heterocycles. The summed E-state index contributed by atoms with van der Waals surface area (Å²) < 4.78 is 12.5. The van der Waals surface area contributed by atoms with E-state index in [0.29, 0.717) is 30.3 Å². The summed E-state index contributed by atoms with van der Waals surface area (Å²) in [5.41, 5.74) is 0.621. The average Bonchev–Trinajstić information content (AvgIpc) is 2.64. The van der Waals surface area contributed by atoms with Crippen molar-refractivity contribution >= 4 is 5.97 Å². The van der Waals surface area contributed by atoms with Gasteiger partial charge in [-0.25, -0.2) is 4.79 Å². The van der Waals surface area contributed by atoms with Gasteiger partial charge in [0.25, 0.3) is 0 Å². The number of nitrogens with zero attached hydrogens (tertiary/aromatic N) is 1. The van der Waals surface area contributed by atoms with E-state index in [1.165, 1.54) is 12.3 Å². The van der Waals surface area contributed by atoms with Gasteiger partial charge >= 0.3 is 5.97 Å². The van der Waals surface area contributed by atoms with Crippen LogP contribution in [0.15, 0.2) is 35.3 Å². The maximum Gasteiger partial charge on any atom is 0.341 e. The topological polar surface area (TPSA) is 77.8 Å². The van der Waals surface area contributed by atoms with Crippen LogP contribution in [-0.4, -0.2) is 29.4 Å². The van der Waals surface area contributed by atoms with E-state index in [4.69, 9.17) is 14.6 Å². The highest BCUT2D eigenvalue weighted by Gasteiger charge is 2.19. The van der Waals surface area contributed by atoms with E-state index in [-0.39, 0.29) is 5.56 Å². The number of benzene rings is 1. The third-order valence-corrected chi connectivity index (χ3v) is 3.41. The van der Waals surface area contributed by atoms with Gasteiger partial charge < -0.3 is 19.1 Å². The van der Waals surface area contributed by atoms with Crippen LogP contribution in [0.3, 0.4) is 0 Å². The van der Waals surface area contributed by atoms with Crippen molar-refractivity contribution in [2.24, 2.45) is 0 Å².